The molecule has 1 fully saturated rings. The van der Waals surface area contributed by atoms with Crippen LogP contribution in [0.3, 0.4) is 0 Å². The van der Waals surface area contributed by atoms with Crippen LogP contribution in [0.1, 0.15) is 89.4 Å². The first-order valence-corrected chi connectivity index (χ1v) is 22.8. The first-order valence-electron chi connectivity index (χ1n) is 22.8. The first-order chi connectivity index (χ1) is 31.6. The van der Waals surface area contributed by atoms with Gasteiger partial charge in [-0.15, -0.1) is 0 Å². The number of carbonyl (C=O) groups excluding carboxylic acids is 3. The topological polar surface area (TPSA) is 220 Å². The van der Waals surface area contributed by atoms with Gasteiger partial charge in [0.25, 0.3) is 11.7 Å². The van der Waals surface area contributed by atoms with Crippen molar-refractivity contribution in [1.82, 2.24) is 9.91 Å². The van der Waals surface area contributed by atoms with Gasteiger partial charge in [0.2, 0.25) is 0 Å². The summed E-state index contributed by atoms with van der Waals surface area (Å²) in [5.41, 5.74) is 0.785. The Morgan fingerprint density at radius 3 is 2.19 bits per heavy atom. The number of ether oxygens (including phenoxy) is 4. The lowest BCUT2D eigenvalue weighted by Gasteiger charge is -2.42. The average molecular weight is 927 g/mol. The Kier molecular flexibility index (Phi) is 15.5. The largest absolute Gasteiger partial charge is 0.507 e. The second kappa shape index (κ2) is 20.5. The summed E-state index contributed by atoms with van der Waals surface area (Å²) in [4.78, 5) is 43.4. The van der Waals surface area contributed by atoms with E-state index < -0.39 is 88.8 Å². The molecule has 4 aliphatic rings. The highest BCUT2D eigenvalue weighted by molar-refractivity contribution is 6.23. The summed E-state index contributed by atoms with van der Waals surface area (Å²) in [5, 5.41) is 68.1. The van der Waals surface area contributed by atoms with E-state index in [0.717, 1.165) is 6.54 Å². The van der Waals surface area contributed by atoms with Gasteiger partial charge in [-0.3, -0.25) is 24.3 Å². The zero-order valence-corrected chi connectivity index (χ0v) is 40.2. The number of benzene rings is 3. The number of amides is 1. The molecule has 1 saturated heterocycles. The number of rotatable bonds is 6. The van der Waals surface area contributed by atoms with Gasteiger partial charge in [-0.25, -0.2) is 0 Å². The van der Waals surface area contributed by atoms with Gasteiger partial charge in [-0.2, -0.15) is 5.10 Å². The minimum absolute atomic E-state index is 0.0500. The molecule has 0 spiro atoms. The second-order valence-electron chi connectivity index (χ2n) is 18.6. The number of methoxy groups -OCH3 is 1. The zero-order valence-electron chi connectivity index (χ0n) is 40.2. The zero-order chi connectivity index (χ0) is 49.2. The summed E-state index contributed by atoms with van der Waals surface area (Å²) in [7, 11) is 1.44. The predicted octanol–water partition coefficient (Wildman–Crippen LogP) is 6.68. The molecule has 0 radical (unpaired) electrons. The SMILES string of the molecule is CO[C@H]1/C=C/O[C@@]2(C)Oc3c(C)c(O)c4c(O)c(c(/C=N/N5[C@H](C)CN(Cc6ccccc6)C[C@@H]5C)c(O)c4c3C2=O)NC(=O)/C(C)=C/C=C/[C@H](C)[C@H](O)[C@@H](C)[C@@H](O)[C@@H](C)[C@@H](OC(C)=O)[C@@H]1C. The number of aliphatic hydroxyl groups excluding tert-OH is 2. The number of nitrogens with one attached hydrogen (secondary N) is 1. The third-order valence-electron chi connectivity index (χ3n) is 13.6. The van der Waals surface area contributed by atoms with Crippen molar-refractivity contribution < 1.29 is 58.9 Å². The number of carbonyl (C=O) groups is 3. The monoisotopic (exact) mass is 926 g/mol. The Morgan fingerprint density at radius 2 is 1.57 bits per heavy atom. The van der Waals surface area contributed by atoms with Gasteiger partial charge < -0.3 is 49.8 Å². The Labute approximate surface area is 392 Å². The number of nitrogens with zero attached hydrogens (tertiary/aromatic N) is 3. The number of hydrazone groups is 1. The molecule has 0 saturated carbocycles. The summed E-state index contributed by atoms with van der Waals surface area (Å²) in [6, 6.07) is 9.93. The lowest BCUT2D eigenvalue weighted by Crippen LogP contribution is -2.54. The lowest BCUT2D eigenvalue weighted by atomic mass is 9.78. The molecule has 4 heterocycles. The highest BCUT2D eigenvalue weighted by atomic mass is 16.7. The minimum Gasteiger partial charge on any atom is -0.507 e. The number of allylic oxidation sites excluding steroid dienone is 2. The third-order valence-corrected chi connectivity index (χ3v) is 13.6. The maximum absolute atomic E-state index is 14.6. The third kappa shape index (κ3) is 10.2. The van der Waals surface area contributed by atoms with Crippen molar-refractivity contribution in [2.75, 3.05) is 25.5 Å². The van der Waals surface area contributed by atoms with Gasteiger partial charge in [-0.05, 0) is 39.3 Å². The van der Waals surface area contributed by atoms with Gasteiger partial charge in [0.05, 0.1) is 65.1 Å². The Bertz CT molecular complexity index is 2460. The molecule has 4 aliphatic heterocycles. The van der Waals surface area contributed by atoms with Crippen LogP contribution < -0.4 is 10.1 Å². The van der Waals surface area contributed by atoms with Crippen LogP contribution in [0.4, 0.5) is 5.69 Å². The maximum Gasteiger partial charge on any atom is 0.312 e. The molecule has 362 valence electrons. The molecule has 3 aromatic carbocycles. The summed E-state index contributed by atoms with van der Waals surface area (Å²) in [6.07, 6.45) is 4.88. The Morgan fingerprint density at radius 1 is 0.910 bits per heavy atom. The van der Waals surface area contributed by atoms with E-state index in [4.69, 9.17) is 24.0 Å². The Balaban J connectivity index is 1.49. The molecular formula is C51H66N4O12. The molecule has 16 heteroatoms. The quantitative estimate of drug-likeness (QED) is 0.0658. The number of anilines is 1. The molecule has 3 aromatic rings. The van der Waals surface area contributed by atoms with Gasteiger partial charge in [0.15, 0.2) is 5.75 Å². The molecule has 6 N–H and O–H groups in total. The number of aromatic hydroxyl groups is 3. The predicted molar refractivity (Wildman–Crippen MR) is 254 cm³/mol. The van der Waals surface area contributed by atoms with E-state index in [1.165, 1.54) is 65.0 Å². The van der Waals surface area contributed by atoms with Crippen LogP contribution in [0.5, 0.6) is 23.0 Å². The van der Waals surface area contributed by atoms with Crippen molar-refractivity contribution in [3.63, 3.8) is 0 Å². The molecule has 11 atom stereocenters. The van der Waals surface area contributed by atoms with E-state index >= 15 is 0 Å². The molecule has 67 heavy (non-hydrogen) atoms. The van der Waals surface area contributed by atoms with Crippen LogP contribution in [-0.4, -0.2) is 122 Å². The maximum atomic E-state index is 14.6. The number of aliphatic hydroxyl groups is 2. The van der Waals surface area contributed by atoms with Crippen LogP contribution in [0.2, 0.25) is 0 Å². The van der Waals surface area contributed by atoms with Crippen molar-refractivity contribution in [2.24, 2.45) is 28.8 Å². The fourth-order valence-electron chi connectivity index (χ4n) is 9.62. The molecule has 5 bridgehead atoms. The minimum atomic E-state index is -2.07. The molecule has 16 nitrogen and oxygen atoms in total. The summed E-state index contributed by atoms with van der Waals surface area (Å²) >= 11 is 0. The van der Waals surface area contributed by atoms with Gasteiger partial charge >= 0.3 is 11.8 Å². The standard InChI is InChI=1S/C51H66N4O12/c1-26-16-15-17-27(2)50(63)53-41-36(22-52-55-28(3)23-54(24-29(55)4)25-35-18-13-12-14-19-35)45(60)38-39(46(41)61)44(59)33(8)48-40(38)49(62)51(10,67-48)65-21-20-37(64-11)30(5)47(66-34(9)56)32(7)43(58)31(6)42(26)57/h12-22,26,28-32,37,42-43,47,57-61H,23-25H2,1-11H3,(H,53,63)/b16-15+,21-20+,27-17+,52-22+/t26-,28-,29+,30+,31+,32+,37-,42-,43+,47-,51-/m0/s1. The number of fused-ring (bicyclic) bond motifs is 14. The molecule has 0 unspecified atom stereocenters. The number of piperazine rings is 1. The van der Waals surface area contributed by atoms with Gasteiger partial charge in [0.1, 0.15) is 23.4 Å². The van der Waals surface area contributed by atoms with Crippen molar-refractivity contribution in [1.29, 1.82) is 0 Å². The van der Waals surface area contributed by atoms with Gasteiger partial charge in [0, 0.05) is 80.8 Å². The van der Waals surface area contributed by atoms with Crippen LogP contribution in [-0.2, 0) is 30.3 Å². The number of esters is 1. The molecule has 0 aromatic heterocycles. The molecule has 1 amide bonds. The molecular weight excluding hydrogens is 861 g/mol. The van der Waals surface area contributed by atoms with E-state index in [1.807, 2.05) is 37.1 Å². The fourth-order valence-corrected chi connectivity index (χ4v) is 9.62. The highest BCUT2D eigenvalue weighted by Gasteiger charge is 2.50. The second-order valence-corrected chi connectivity index (χ2v) is 18.6. The number of ketones is 1. The Hall–Kier alpha value is -5.94. The van der Waals surface area contributed by atoms with E-state index in [0.29, 0.717) is 13.1 Å². The van der Waals surface area contributed by atoms with E-state index in [2.05, 4.69) is 22.3 Å². The van der Waals surface area contributed by atoms with Gasteiger partial charge in [-0.1, -0.05) is 76.3 Å². The average Bonchev–Trinajstić information content (AvgIpc) is 3.55. The fraction of sp³-hybridized carbons (Fsp3) is 0.490. The first kappa shape index (κ1) is 50.5. The van der Waals surface area contributed by atoms with Crippen LogP contribution >= 0.6 is 0 Å². The lowest BCUT2D eigenvalue weighted by molar-refractivity contribution is -0.160. The number of phenols is 3. The number of phenolic OH excluding ortho intramolecular Hbond substituents is 3. The van der Waals surface area contributed by atoms with Crippen molar-refractivity contribution in [3.8, 4) is 23.0 Å². The van der Waals surface area contributed by atoms with Crippen molar-refractivity contribution in [3.05, 3.63) is 88.7 Å². The summed E-state index contributed by atoms with van der Waals surface area (Å²) < 4.78 is 23.8. The number of Topliss-reactive ketones (excluding diaryl/α,β-unsaturated/α-hetero) is 1. The van der Waals surface area contributed by atoms with Crippen LogP contribution in [0, 0.1) is 30.6 Å². The summed E-state index contributed by atoms with van der Waals surface area (Å²) in [5.74, 6) is -8.46. The van der Waals surface area contributed by atoms with E-state index in [1.54, 1.807) is 39.8 Å². The number of hydrogen-bond donors (Lipinski definition) is 6. The highest BCUT2D eigenvalue weighted by Crippen LogP contribution is 2.55. The molecule has 0 aliphatic carbocycles. The van der Waals surface area contributed by atoms with Crippen LogP contribution in [0.25, 0.3) is 10.8 Å². The van der Waals surface area contributed by atoms with Crippen molar-refractivity contribution >= 4 is 40.3 Å². The smallest absolute Gasteiger partial charge is 0.312 e. The van der Waals surface area contributed by atoms with E-state index in [9.17, 15) is 39.9 Å². The van der Waals surface area contributed by atoms with Crippen LogP contribution in [0.15, 0.2) is 71.6 Å². The van der Waals surface area contributed by atoms with Crippen molar-refractivity contribution in [2.45, 2.75) is 118 Å². The van der Waals surface area contributed by atoms with E-state index in [-0.39, 0.29) is 56.6 Å². The normalized spacial score (nSPS) is 31.8. The molecule has 7 rings (SSSR count). The number of hydrogen-bond acceptors (Lipinski definition) is 15. The summed E-state index contributed by atoms with van der Waals surface area (Å²) in [6.45, 7) is 18.7.